The second kappa shape index (κ2) is 8.07. The van der Waals surface area contributed by atoms with E-state index in [1.807, 2.05) is 0 Å². The highest BCUT2D eigenvalue weighted by molar-refractivity contribution is 6.33. The number of pyridine rings is 2. The van der Waals surface area contributed by atoms with Gasteiger partial charge in [-0.05, 0) is 43.9 Å². The van der Waals surface area contributed by atoms with Crippen LogP contribution in [0.25, 0.3) is 0 Å². The molecule has 130 valence electrons. The molecule has 1 saturated carbocycles. The standard InChI is InChI=1S/C18H19ClN4O2/c19-14-8-10-20-11-16(14)23-17(24)12-4-6-13(7-5-12)22-18(25)15-3-1-2-9-21-15/h1-3,8-13H,4-7H2,(H,22,25)(H,23,24)/t12-,13-. The second-order valence-corrected chi connectivity index (χ2v) is 6.49. The molecule has 1 fully saturated rings. The molecule has 0 atom stereocenters. The molecule has 3 rings (SSSR count). The highest BCUT2D eigenvalue weighted by Crippen LogP contribution is 2.27. The van der Waals surface area contributed by atoms with E-state index in [1.165, 1.54) is 0 Å². The van der Waals surface area contributed by atoms with Gasteiger partial charge in [-0.2, -0.15) is 0 Å². The summed E-state index contributed by atoms with van der Waals surface area (Å²) < 4.78 is 0. The molecule has 0 aromatic carbocycles. The minimum Gasteiger partial charge on any atom is -0.348 e. The monoisotopic (exact) mass is 358 g/mol. The number of anilines is 1. The summed E-state index contributed by atoms with van der Waals surface area (Å²) in [6.07, 6.45) is 7.68. The zero-order valence-electron chi connectivity index (χ0n) is 13.6. The van der Waals surface area contributed by atoms with E-state index >= 15 is 0 Å². The van der Waals surface area contributed by atoms with Crippen LogP contribution in [0.1, 0.15) is 36.2 Å². The molecule has 2 aromatic heterocycles. The van der Waals surface area contributed by atoms with E-state index in [0.29, 0.717) is 16.4 Å². The maximum Gasteiger partial charge on any atom is 0.270 e. The predicted molar refractivity (Wildman–Crippen MR) is 95.3 cm³/mol. The first-order valence-corrected chi connectivity index (χ1v) is 8.63. The van der Waals surface area contributed by atoms with E-state index in [0.717, 1.165) is 25.7 Å². The highest BCUT2D eigenvalue weighted by Gasteiger charge is 2.27. The lowest BCUT2D eigenvalue weighted by atomic mass is 9.85. The Balaban J connectivity index is 1.49. The third-order valence-corrected chi connectivity index (χ3v) is 4.69. The minimum atomic E-state index is -0.171. The number of nitrogens with one attached hydrogen (secondary N) is 2. The first-order chi connectivity index (χ1) is 12.1. The van der Waals surface area contributed by atoms with E-state index in [4.69, 9.17) is 11.6 Å². The largest absolute Gasteiger partial charge is 0.348 e. The maximum absolute atomic E-state index is 12.4. The molecule has 2 heterocycles. The topological polar surface area (TPSA) is 84.0 Å². The molecule has 1 aliphatic rings. The fourth-order valence-corrected chi connectivity index (χ4v) is 3.11. The van der Waals surface area contributed by atoms with Crippen LogP contribution in [0.4, 0.5) is 5.69 Å². The molecule has 2 aromatic rings. The van der Waals surface area contributed by atoms with Gasteiger partial charge in [-0.25, -0.2) is 0 Å². The van der Waals surface area contributed by atoms with E-state index < -0.39 is 0 Å². The van der Waals surface area contributed by atoms with Crippen LogP contribution in [-0.4, -0.2) is 27.8 Å². The smallest absolute Gasteiger partial charge is 0.270 e. The Hall–Kier alpha value is -2.47. The normalized spacial score (nSPS) is 19.9. The number of carbonyl (C=O) groups is 2. The molecule has 6 nitrogen and oxygen atoms in total. The van der Waals surface area contributed by atoms with Gasteiger partial charge in [0.25, 0.3) is 5.91 Å². The van der Waals surface area contributed by atoms with Crippen molar-refractivity contribution in [1.82, 2.24) is 15.3 Å². The van der Waals surface area contributed by atoms with Gasteiger partial charge in [-0.15, -0.1) is 0 Å². The van der Waals surface area contributed by atoms with Crippen molar-refractivity contribution >= 4 is 29.1 Å². The highest BCUT2D eigenvalue weighted by atomic mass is 35.5. The molecule has 2 N–H and O–H groups in total. The number of hydrogen-bond acceptors (Lipinski definition) is 4. The fourth-order valence-electron chi connectivity index (χ4n) is 2.96. The number of rotatable bonds is 4. The van der Waals surface area contributed by atoms with Crippen LogP contribution in [0.2, 0.25) is 5.02 Å². The average Bonchev–Trinajstić information content (AvgIpc) is 2.65. The van der Waals surface area contributed by atoms with Crippen molar-refractivity contribution in [3.05, 3.63) is 53.6 Å². The summed E-state index contributed by atoms with van der Waals surface area (Å²) >= 11 is 6.04. The predicted octanol–water partition coefficient (Wildman–Crippen LogP) is 3.06. The van der Waals surface area contributed by atoms with Gasteiger partial charge in [0.1, 0.15) is 5.69 Å². The van der Waals surface area contributed by atoms with Crippen LogP contribution >= 0.6 is 11.6 Å². The number of nitrogens with zero attached hydrogens (tertiary/aromatic N) is 2. The van der Waals surface area contributed by atoms with Crippen LogP contribution in [-0.2, 0) is 4.79 Å². The van der Waals surface area contributed by atoms with Gasteiger partial charge in [-0.3, -0.25) is 19.6 Å². The van der Waals surface area contributed by atoms with Crippen molar-refractivity contribution in [2.45, 2.75) is 31.7 Å². The fraction of sp³-hybridized carbons (Fsp3) is 0.333. The maximum atomic E-state index is 12.4. The van der Waals surface area contributed by atoms with Crippen molar-refractivity contribution in [1.29, 1.82) is 0 Å². The first kappa shape index (κ1) is 17.4. The molecule has 0 radical (unpaired) electrons. The average molecular weight is 359 g/mol. The molecule has 0 unspecified atom stereocenters. The van der Waals surface area contributed by atoms with Gasteiger partial charge >= 0.3 is 0 Å². The van der Waals surface area contributed by atoms with Crippen LogP contribution < -0.4 is 10.6 Å². The van der Waals surface area contributed by atoms with Crippen molar-refractivity contribution in [2.75, 3.05) is 5.32 Å². The molecule has 1 aliphatic carbocycles. The SMILES string of the molecule is O=C(N[C@H]1CC[C@H](C(=O)Nc2cnccc2Cl)CC1)c1ccccn1. The number of carbonyl (C=O) groups excluding carboxylic acids is 2. The summed E-state index contributed by atoms with van der Waals surface area (Å²) in [6.45, 7) is 0. The number of amides is 2. The van der Waals surface area contributed by atoms with Crippen LogP contribution in [0.3, 0.4) is 0 Å². The van der Waals surface area contributed by atoms with Gasteiger partial charge in [0.2, 0.25) is 5.91 Å². The van der Waals surface area contributed by atoms with Crippen molar-refractivity contribution in [2.24, 2.45) is 5.92 Å². The Bertz CT molecular complexity index is 746. The second-order valence-electron chi connectivity index (χ2n) is 6.08. The lowest BCUT2D eigenvalue weighted by molar-refractivity contribution is -0.120. The third-order valence-electron chi connectivity index (χ3n) is 4.36. The molecule has 0 saturated heterocycles. The summed E-state index contributed by atoms with van der Waals surface area (Å²) in [5, 5.41) is 6.29. The Morgan fingerprint density at radius 1 is 1.08 bits per heavy atom. The van der Waals surface area contributed by atoms with Crippen LogP contribution in [0.5, 0.6) is 0 Å². The summed E-state index contributed by atoms with van der Waals surface area (Å²) in [5.74, 6) is -0.306. The van der Waals surface area contributed by atoms with E-state index in [2.05, 4.69) is 20.6 Å². The summed E-state index contributed by atoms with van der Waals surface area (Å²) in [5.41, 5.74) is 0.938. The van der Waals surface area contributed by atoms with E-state index in [9.17, 15) is 9.59 Å². The molecule has 25 heavy (non-hydrogen) atoms. The zero-order chi connectivity index (χ0) is 17.6. The lowest BCUT2D eigenvalue weighted by Gasteiger charge is -2.28. The third kappa shape index (κ3) is 4.54. The number of aromatic nitrogens is 2. The van der Waals surface area contributed by atoms with Gasteiger partial charge in [-0.1, -0.05) is 17.7 Å². The molecule has 2 amide bonds. The van der Waals surface area contributed by atoms with Gasteiger partial charge < -0.3 is 10.6 Å². The van der Waals surface area contributed by atoms with E-state index in [1.54, 1.807) is 42.9 Å². The molecule has 0 aliphatic heterocycles. The summed E-state index contributed by atoms with van der Waals surface area (Å²) in [4.78, 5) is 32.5. The number of halogens is 1. The minimum absolute atomic E-state index is 0.0515. The van der Waals surface area contributed by atoms with Crippen molar-refractivity contribution in [3.63, 3.8) is 0 Å². The number of hydrogen-bond donors (Lipinski definition) is 2. The molecule has 7 heteroatoms. The molecular weight excluding hydrogens is 340 g/mol. The molecular formula is C18H19ClN4O2. The van der Waals surface area contributed by atoms with Crippen LogP contribution in [0.15, 0.2) is 42.9 Å². The Morgan fingerprint density at radius 2 is 1.88 bits per heavy atom. The van der Waals surface area contributed by atoms with Crippen molar-refractivity contribution in [3.8, 4) is 0 Å². The van der Waals surface area contributed by atoms with Crippen LogP contribution in [0, 0.1) is 5.92 Å². The quantitative estimate of drug-likeness (QED) is 0.879. The van der Waals surface area contributed by atoms with E-state index in [-0.39, 0.29) is 23.8 Å². The Kier molecular flexibility index (Phi) is 5.60. The zero-order valence-corrected chi connectivity index (χ0v) is 14.4. The lowest BCUT2D eigenvalue weighted by Crippen LogP contribution is -2.39. The summed E-state index contributed by atoms with van der Waals surface area (Å²) in [7, 11) is 0. The summed E-state index contributed by atoms with van der Waals surface area (Å²) in [6, 6.07) is 6.95. The Labute approximate surface area is 151 Å². The van der Waals surface area contributed by atoms with Gasteiger partial charge in [0, 0.05) is 24.4 Å². The molecule has 0 spiro atoms. The first-order valence-electron chi connectivity index (χ1n) is 8.26. The van der Waals surface area contributed by atoms with Crippen molar-refractivity contribution < 1.29 is 9.59 Å². The molecule has 0 bridgehead atoms. The van der Waals surface area contributed by atoms with Gasteiger partial charge in [0.15, 0.2) is 0 Å². The van der Waals surface area contributed by atoms with Gasteiger partial charge in [0.05, 0.1) is 16.9 Å². The Morgan fingerprint density at radius 3 is 2.56 bits per heavy atom.